The maximum absolute atomic E-state index is 12.2. The van der Waals surface area contributed by atoms with Gasteiger partial charge in [-0.1, -0.05) is 6.07 Å². The summed E-state index contributed by atoms with van der Waals surface area (Å²) in [5, 5.41) is 5.24. The average Bonchev–Trinajstić information content (AvgIpc) is 3.20. The molecule has 2 aromatic rings. The molecule has 0 saturated heterocycles. The van der Waals surface area contributed by atoms with E-state index < -0.39 is 0 Å². The van der Waals surface area contributed by atoms with Gasteiger partial charge in [0.2, 0.25) is 5.91 Å². The Morgan fingerprint density at radius 2 is 2.04 bits per heavy atom. The standard InChI is InChI=1S/C19H22N2OS/c22-19(20-17-5-4-14-2-1-3-15(14)12-17)7-10-21-9-6-18-16(13-21)8-11-23-18/h4-5,8,11-12H,1-3,6-7,9-10,13H2,(H,20,22). The number of rotatable bonds is 4. The Labute approximate surface area is 141 Å². The van der Waals surface area contributed by atoms with E-state index >= 15 is 0 Å². The topological polar surface area (TPSA) is 32.3 Å². The summed E-state index contributed by atoms with van der Waals surface area (Å²) in [6, 6.07) is 8.58. The van der Waals surface area contributed by atoms with E-state index in [0.717, 1.165) is 38.2 Å². The normalized spacial score (nSPS) is 16.9. The minimum absolute atomic E-state index is 0.124. The second-order valence-electron chi connectivity index (χ2n) is 6.53. The van der Waals surface area contributed by atoms with E-state index in [0.29, 0.717) is 6.42 Å². The Morgan fingerprint density at radius 3 is 3.00 bits per heavy atom. The lowest BCUT2D eigenvalue weighted by Crippen LogP contribution is -2.32. The summed E-state index contributed by atoms with van der Waals surface area (Å²) in [5.41, 5.74) is 5.25. The molecule has 2 heterocycles. The lowest BCUT2D eigenvalue weighted by Gasteiger charge is -2.26. The molecule has 4 heteroatoms. The molecule has 4 rings (SSSR count). The van der Waals surface area contributed by atoms with E-state index in [9.17, 15) is 4.79 Å². The fourth-order valence-electron chi connectivity index (χ4n) is 3.63. The molecule has 3 nitrogen and oxygen atoms in total. The van der Waals surface area contributed by atoms with Crippen LogP contribution in [-0.4, -0.2) is 23.9 Å². The average molecular weight is 326 g/mol. The molecule has 120 valence electrons. The molecule has 1 aromatic carbocycles. The number of carbonyl (C=O) groups is 1. The molecule has 0 radical (unpaired) electrons. The van der Waals surface area contributed by atoms with Crippen molar-refractivity contribution in [1.82, 2.24) is 4.90 Å². The van der Waals surface area contributed by atoms with Crippen LogP contribution in [0.5, 0.6) is 0 Å². The van der Waals surface area contributed by atoms with Crippen molar-refractivity contribution in [2.45, 2.75) is 38.6 Å². The van der Waals surface area contributed by atoms with Crippen LogP contribution in [0.2, 0.25) is 0 Å². The molecule has 1 aliphatic heterocycles. The summed E-state index contributed by atoms with van der Waals surface area (Å²) >= 11 is 1.86. The van der Waals surface area contributed by atoms with Gasteiger partial charge in [-0.2, -0.15) is 0 Å². The smallest absolute Gasteiger partial charge is 0.225 e. The predicted octanol–water partition coefficient (Wildman–Crippen LogP) is 3.62. The van der Waals surface area contributed by atoms with Crippen molar-refractivity contribution in [3.8, 4) is 0 Å². The number of nitrogens with one attached hydrogen (secondary N) is 1. The molecule has 2 aliphatic rings. The summed E-state index contributed by atoms with van der Waals surface area (Å²) in [6.07, 6.45) is 5.27. The third-order valence-electron chi connectivity index (χ3n) is 4.92. The number of carbonyl (C=O) groups excluding carboxylic acids is 1. The number of aryl methyl sites for hydroxylation is 2. The van der Waals surface area contributed by atoms with Crippen LogP contribution >= 0.6 is 11.3 Å². The molecule has 0 unspecified atom stereocenters. The van der Waals surface area contributed by atoms with E-state index in [1.807, 2.05) is 17.4 Å². The number of benzene rings is 1. The van der Waals surface area contributed by atoms with Crippen molar-refractivity contribution in [3.05, 3.63) is 51.2 Å². The van der Waals surface area contributed by atoms with Crippen molar-refractivity contribution in [2.75, 3.05) is 18.4 Å². The van der Waals surface area contributed by atoms with Gasteiger partial charge in [-0.05, 0) is 66.0 Å². The third-order valence-corrected chi connectivity index (χ3v) is 5.95. The van der Waals surface area contributed by atoms with E-state index in [2.05, 4.69) is 33.8 Å². The minimum atomic E-state index is 0.124. The molecule has 0 fully saturated rings. The predicted molar refractivity (Wildman–Crippen MR) is 95.0 cm³/mol. The first-order chi connectivity index (χ1) is 11.3. The quantitative estimate of drug-likeness (QED) is 0.930. The van der Waals surface area contributed by atoms with Crippen LogP contribution in [0.1, 0.15) is 34.4 Å². The van der Waals surface area contributed by atoms with Crippen LogP contribution in [0.25, 0.3) is 0 Å². The number of hydrogen-bond donors (Lipinski definition) is 1. The van der Waals surface area contributed by atoms with Crippen LogP contribution in [0.15, 0.2) is 29.6 Å². The summed E-state index contributed by atoms with van der Waals surface area (Å²) in [7, 11) is 0. The van der Waals surface area contributed by atoms with Crippen LogP contribution in [0.4, 0.5) is 5.69 Å². The Balaban J connectivity index is 1.29. The number of fused-ring (bicyclic) bond motifs is 2. The van der Waals surface area contributed by atoms with Gasteiger partial charge in [0.05, 0.1) is 0 Å². The van der Waals surface area contributed by atoms with Crippen LogP contribution in [0, 0.1) is 0 Å². The molecule has 1 N–H and O–H groups in total. The van der Waals surface area contributed by atoms with Crippen molar-refractivity contribution < 1.29 is 4.79 Å². The third kappa shape index (κ3) is 3.33. The second kappa shape index (κ2) is 6.46. The molecular weight excluding hydrogens is 304 g/mol. The zero-order chi connectivity index (χ0) is 15.6. The second-order valence-corrected chi connectivity index (χ2v) is 7.53. The van der Waals surface area contributed by atoms with Gasteiger partial charge in [0.1, 0.15) is 0 Å². The van der Waals surface area contributed by atoms with Crippen molar-refractivity contribution in [2.24, 2.45) is 0 Å². The molecular formula is C19H22N2OS. The Morgan fingerprint density at radius 1 is 1.13 bits per heavy atom. The van der Waals surface area contributed by atoms with Gasteiger partial charge in [0, 0.05) is 36.6 Å². The monoisotopic (exact) mass is 326 g/mol. The van der Waals surface area contributed by atoms with Crippen LogP contribution < -0.4 is 5.32 Å². The lowest BCUT2D eigenvalue weighted by atomic mass is 10.1. The lowest BCUT2D eigenvalue weighted by molar-refractivity contribution is -0.116. The Kier molecular flexibility index (Phi) is 4.19. The highest BCUT2D eigenvalue weighted by Gasteiger charge is 2.18. The van der Waals surface area contributed by atoms with E-state index in [4.69, 9.17) is 0 Å². The molecule has 1 aromatic heterocycles. The van der Waals surface area contributed by atoms with Gasteiger partial charge in [-0.25, -0.2) is 0 Å². The first kappa shape index (κ1) is 14.9. The Bertz CT molecular complexity index is 722. The molecule has 0 saturated carbocycles. The van der Waals surface area contributed by atoms with Crippen molar-refractivity contribution >= 4 is 22.9 Å². The first-order valence-electron chi connectivity index (χ1n) is 8.47. The SMILES string of the molecule is O=C(CCN1CCc2sccc2C1)Nc1ccc2c(c1)CCC2. The van der Waals surface area contributed by atoms with Crippen LogP contribution in [0.3, 0.4) is 0 Å². The maximum Gasteiger partial charge on any atom is 0.225 e. The molecule has 1 amide bonds. The number of amides is 1. The highest BCUT2D eigenvalue weighted by Crippen LogP contribution is 2.25. The van der Waals surface area contributed by atoms with E-state index in [1.165, 1.54) is 34.4 Å². The molecule has 0 bridgehead atoms. The van der Waals surface area contributed by atoms with Gasteiger partial charge in [0.15, 0.2) is 0 Å². The zero-order valence-corrected chi connectivity index (χ0v) is 14.1. The van der Waals surface area contributed by atoms with Gasteiger partial charge in [-0.3, -0.25) is 9.69 Å². The number of anilines is 1. The number of thiophene rings is 1. The summed E-state index contributed by atoms with van der Waals surface area (Å²) in [6.45, 7) is 2.90. The van der Waals surface area contributed by atoms with Gasteiger partial charge < -0.3 is 5.32 Å². The molecule has 0 atom stereocenters. The van der Waals surface area contributed by atoms with Gasteiger partial charge in [-0.15, -0.1) is 11.3 Å². The fraction of sp³-hybridized carbons (Fsp3) is 0.421. The van der Waals surface area contributed by atoms with Crippen LogP contribution in [-0.2, 0) is 30.6 Å². The van der Waals surface area contributed by atoms with Gasteiger partial charge >= 0.3 is 0 Å². The maximum atomic E-state index is 12.2. The van der Waals surface area contributed by atoms with E-state index in [1.54, 1.807) is 0 Å². The summed E-state index contributed by atoms with van der Waals surface area (Å²) in [5.74, 6) is 0.124. The summed E-state index contributed by atoms with van der Waals surface area (Å²) in [4.78, 5) is 16.1. The fourth-order valence-corrected chi connectivity index (χ4v) is 4.52. The van der Waals surface area contributed by atoms with E-state index in [-0.39, 0.29) is 5.91 Å². The Hall–Kier alpha value is -1.65. The first-order valence-corrected chi connectivity index (χ1v) is 9.35. The highest BCUT2D eigenvalue weighted by atomic mass is 32.1. The largest absolute Gasteiger partial charge is 0.326 e. The summed E-state index contributed by atoms with van der Waals surface area (Å²) < 4.78 is 0. The highest BCUT2D eigenvalue weighted by molar-refractivity contribution is 7.10. The number of nitrogens with zero attached hydrogens (tertiary/aromatic N) is 1. The zero-order valence-electron chi connectivity index (χ0n) is 13.3. The van der Waals surface area contributed by atoms with Crippen molar-refractivity contribution in [1.29, 1.82) is 0 Å². The molecule has 1 aliphatic carbocycles. The minimum Gasteiger partial charge on any atom is -0.326 e. The number of hydrogen-bond acceptors (Lipinski definition) is 3. The van der Waals surface area contributed by atoms with Crippen molar-refractivity contribution in [3.63, 3.8) is 0 Å². The molecule has 23 heavy (non-hydrogen) atoms. The molecule has 0 spiro atoms. The van der Waals surface area contributed by atoms with Gasteiger partial charge in [0.25, 0.3) is 0 Å².